The van der Waals surface area contributed by atoms with E-state index in [1.807, 2.05) is 42.5 Å². The molecule has 2 N–H and O–H groups in total. The lowest BCUT2D eigenvalue weighted by molar-refractivity contribution is 0.146. The summed E-state index contributed by atoms with van der Waals surface area (Å²) < 4.78 is 21.2. The average Bonchev–Trinajstić information content (AvgIpc) is 2.78. The van der Waals surface area contributed by atoms with Gasteiger partial charge in [0.2, 0.25) is 0 Å². The van der Waals surface area contributed by atoms with Gasteiger partial charge in [0.1, 0.15) is 12.4 Å². The van der Waals surface area contributed by atoms with Crippen LogP contribution in [0, 0.1) is 0 Å². The molecule has 0 amide bonds. The van der Waals surface area contributed by atoms with Crippen molar-refractivity contribution in [3.63, 3.8) is 0 Å². The van der Waals surface area contributed by atoms with Gasteiger partial charge < -0.3 is 29.6 Å². The second-order valence-electron chi connectivity index (χ2n) is 6.55. The van der Waals surface area contributed by atoms with Gasteiger partial charge in [-0.25, -0.2) is 4.99 Å². The molecule has 0 saturated heterocycles. The van der Waals surface area contributed by atoms with Crippen LogP contribution in [0.1, 0.15) is 18.1 Å². The van der Waals surface area contributed by atoms with E-state index < -0.39 is 0 Å². The van der Waals surface area contributed by atoms with Gasteiger partial charge in [-0.1, -0.05) is 18.2 Å². The van der Waals surface area contributed by atoms with Gasteiger partial charge in [-0.2, -0.15) is 0 Å². The number of benzene rings is 2. The van der Waals surface area contributed by atoms with Crippen molar-refractivity contribution in [2.75, 3.05) is 47.6 Å². The van der Waals surface area contributed by atoms with E-state index in [0.29, 0.717) is 19.8 Å². The quantitative estimate of drug-likeness (QED) is 0.315. The third-order valence-electron chi connectivity index (χ3n) is 4.40. The molecule has 0 aliphatic rings. The first-order chi connectivity index (χ1) is 14.7. The number of nitrogens with zero attached hydrogens (tertiary/aromatic N) is 1. The second-order valence-corrected chi connectivity index (χ2v) is 6.55. The van der Waals surface area contributed by atoms with Crippen LogP contribution in [-0.4, -0.2) is 53.6 Å². The van der Waals surface area contributed by atoms with E-state index in [9.17, 15) is 0 Å². The zero-order valence-corrected chi connectivity index (χ0v) is 18.4. The molecule has 0 aliphatic heterocycles. The molecule has 2 aromatic rings. The highest BCUT2D eigenvalue weighted by Crippen LogP contribution is 2.27. The Morgan fingerprint density at radius 2 is 1.60 bits per heavy atom. The van der Waals surface area contributed by atoms with Crippen molar-refractivity contribution in [2.24, 2.45) is 4.99 Å². The summed E-state index contributed by atoms with van der Waals surface area (Å²) in [4.78, 5) is 4.67. The van der Waals surface area contributed by atoms with E-state index in [2.05, 4.69) is 22.5 Å². The molecular formula is C23H33N3O4. The van der Waals surface area contributed by atoms with Crippen LogP contribution in [0.25, 0.3) is 0 Å². The van der Waals surface area contributed by atoms with Gasteiger partial charge in [-0.15, -0.1) is 0 Å². The standard InChI is InChI=1S/C23H33N3O4/c1-5-24-23(25-13-12-18-8-11-21(28-3)22(16-18)29-4)26-17-19-6-9-20(10-7-19)30-15-14-27-2/h6-11,16H,5,12-15,17H2,1-4H3,(H2,24,25,26). The van der Waals surface area contributed by atoms with Crippen molar-refractivity contribution in [3.05, 3.63) is 53.6 Å². The molecule has 0 spiro atoms. The Labute approximate surface area is 179 Å². The summed E-state index contributed by atoms with van der Waals surface area (Å²) in [5, 5.41) is 6.66. The van der Waals surface area contributed by atoms with E-state index in [4.69, 9.17) is 18.9 Å². The van der Waals surface area contributed by atoms with Gasteiger partial charge in [0.05, 0.1) is 27.4 Å². The summed E-state index contributed by atoms with van der Waals surface area (Å²) in [6.45, 7) is 5.32. The molecule has 0 radical (unpaired) electrons. The van der Waals surface area contributed by atoms with E-state index >= 15 is 0 Å². The Kier molecular flexibility index (Phi) is 10.4. The van der Waals surface area contributed by atoms with Crippen molar-refractivity contribution in [1.29, 1.82) is 0 Å². The number of aliphatic imine (C=N–C) groups is 1. The van der Waals surface area contributed by atoms with Crippen molar-refractivity contribution in [2.45, 2.75) is 19.9 Å². The third-order valence-corrected chi connectivity index (χ3v) is 4.40. The topological polar surface area (TPSA) is 73.3 Å². The second kappa shape index (κ2) is 13.3. The maximum Gasteiger partial charge on any atom is 0.191 e. The number of hydrogen-bond acceptors (Lipinski definition) is 5. The lowest BCUT2D eigenvalue weighted by atomic mass is 10.1. The molecule has 2 aromatic carbocycles. The van der Waals surface area contributed by atoms with Crippen LogP contribution in [0.3, 0.4) is 0 Å². The molecule has 0 aliphatic carbocycles. The van der Waals surface area contributed by atoms with Gasteiger partial charge in [-0.3, -0.25) is 0 Å². The zero-order valence-electron chi connectivity index (χ0n) is 18.4. The van der Waals surface area contributed by atoms with Crippen molar-refractivity contribution >= 4 is 5.96 Å². The van der Waals surface area contributed by atoms with Crippen LogP contribution in [0.2, 0.25) is 0 Å². The van der Waals surface area contributed by atoms with E-state index in [0.717, 1.165) is 48.3 Å². The first-order valence-corrected chi connectivity index (χ1v) is 10.1. The largest absolute Gasteiger partial charge is 0.493 e. The number of hydrogen-bond donors (Lipinski definition) is 2. The average molecular weight is 416 g/mol. The molecule has 0 aromatic heterocycles. The third kappa shape index (κ3) is 7.83. The zero-order chi connectivity index (χ0) is 21.6. The Morgan fingerprint density at radius 3 is 2.27 bits per heavy atom. The summed E-state index contributed by atoms with van der Waals surface area (Å²) >= 11 is 0. The van der Waals surface area contributed by atoms with Gasteiger partial charge in [0.15, 0.2) is 17.5 Å². The highest BCUT2D eigenvalue weighted by molar-refractivity contribution is 5.79. The summed E-state index contributed by atoms with van der Waals surface area (Å²) in [5.41, 5.74) is 2.28. The number of ether oxygens (including phenoxy) is 4. The Morgan fingerprint density at radius 1 is 0.867 bits per heavy atom. The molecule has 0 fully saturated rings. The van der Waals surface area contributed by atoms with Crippen LogP contribution in [-0.2, 0) is 17.7 Å². The molecule has 0 bridgehead atoms. The van der Waals surface area contributed by atoms with E-state index in [1.165, 1.54) is 5.56 Å². The van der Waals surface area contributed by atoms with E-state index in [1.54, 1.807) is 21.3 Å². The Hall–Kier alpha value is -2.93. The van der Waals surface area contributed by atoms with Gasteiger partial charge in [0.25, 0.3) is 0 Å². The molecule has 0 heterocycles. The molecule has 164 valence electrons. The number of nitrogens with one attached hydrogen (secondary N) is 2. The van der Waals surface area contributed by atoms with Crippen molar-refractivity contribution in [1.82, 2.24) is 10.6 Å². The van der Waals surface area contributed by atoms with Gasteiger partial charge >= 0.3 is 0 Å². The first-order valence-electron chi connectivity index (χ1n) is 10.1. The fourth-order valence-corrected chi connectivity index (χ4v) is 2.81. The molecule has 0 atom stereocenters. The number of guanidine groups is 1. The predicted octanol–water partition coefficient (Wildman–Crippen LogP) is 3.03. The van der Waals surface area contributed by atoms with Crippen LogP contribution in [0.15, 0.2) is 47.5 Å². The Balaban J connectivity index is 1.87. The van der Waals surface area contributed by atoms with Gasteiger partial charge in [0, 0.05) is 20.2 Å². The summed E-state index contributed by atoms with van der Waals surface area (Å²) in [7, 11) is 4.95. The molecule has 7 heteroatoms. The smallest absolute Gasteiger partial charge is 0.191 e. The SMILES string of the molecule is CCNC(=NCc1ccc(OCCOC)cc1)NCCc1ccc(OC)c(OC)c1. The Bertz CT molecular complexity index is 779. The monoisotopic (exact) mass is 415 g/mol. The van der Waals surface area contributed by atoms with Gasteiger partial charge in [-0.05, 0) is 48.7 Å². The van der Waals surface area contributed by atoms with Crippen molar-refractivity contribution < 1.29 is 18.9 Å². The first kappa shape index (κ1) is 23.3. The fourth-order valence-electron chi connectivity index (χ4n) is 2.81. The van der Waals surface area contributed by atoms with Crippen LogP contribution in [0.4, 0.5) is 0 Å². The normalized spacial score (nSPS) is 11.1. The number of methoxy groups -OCH3 is 3. The lowest BCUT2D eigenvalue weighted by Gasteiger charge is -2.13. The molecule has 0 saturated carbocycles. The minimum absolute atomic E-state index is 0.544. The molecule has 7 nitrogen and oxygen atoms in total. The molecule has 2 rings (SSSR count). The summed E-state index contributed by atoms with van der Waals surface area (Å²) in [6.07, 6.45) is 0.846. The van der Waals surface area contributed by atoms with Crippen LogP contribution >= 0.6 is 0 Å². The molecular weight excluding hydrogens is 382 g/mol. The van der Waals surface area contributed by atoms with Crippen LogP contribution < -0.4 is 24.8 Å². The van der Waals surface area contributed by atoms with Crippen LogP contribution in [0.5, 0.6) is 17.2 Å². The molecule has 30 heavy (non-hydrogen) atoms. The highest BCUT2D eigenvalue weighted by atomic mass is 16.5. The minimum Gasteiger partial charge on any atom is -0.493 e. The highest BCUT2D eigenvalue weighted by Gasteiger charge is 2.05. The fraction of sp³-hybridized carbons (Fsp3) is 0.435. The summed E-state index contributed by atoms with van der Waals surface area (Å²) in [5.74, 6) is 3.10. The molecule has 0 unspecified atom stereocenters. The maximum absolute atomic E-state index is 5.59. The summed E-state index contributed by atoms with van der Waals surface area (Å²) in [6, 6.07) is 13.9. The van der Waals surface area contributed by atoms with Crippen molar-refractivity contribution in [3.8, 4) is 17.2 Å². The lowest BCUT2D eigenvalue weighted by Crippen LogP contribution is -2.38. The maximum atomic E-state index is 5.59. The minimum atomic E-state index is 0.544. The van der Waals surface area contributed by atoms with E-state index in [-0.39, 0.29) is 0 Å². The number of rotatable bonds is 12. The predicted molar refractivity (Wildman–Crippen MR) is 120 cm³/mol.